The summed E-state index contributed by atoms with van der Waals surface area (Å²) in [5.41, 5.74) is 4.25. The highest BCUT2D eigenvalue weighted by Crippen LogP contribution is 2.32. The van der Waals surface area contributed by atoms with E-state index in [9.17, 15) is 22.8 Å². The van der Waals surface area contributed by atoms with Gasteiger partial charge in [-0.1, -0.05) is 12.1 Å². The van der Waals surface area contributed by atoms with Crippen LogP contribution in [-0.2, 0) is 11.0 Å². The molecule has 3 N–H and O–H groups in total. The smallest absolute Gasteiger partial charge is 0.416 e. The van der Waals surface area contributed by atoms with E-state index < -0.39 is 23.6 Å². The summed E-state index contributed by atoms with van der Waals surface area (Å²) in [6, 6.07) is 7.20. The minimum absolute atomic E-state index is 0.107. The number of halogens is 3. The van der Waals surface area contributed by atoms with Crippen molar-refractivity contribution >= 4 is 11.8 Å². The van der Waals surface area contributed by atoms with Crippen LogP contribution in [0.1, 0.15) is 16.1 Å². The van der Waals surface area contributed by atoms with Crippen molar-refractivity contribution in [2.45, 2.75) is 6.18 Å². The Hall–Kier alpha value is -2.77. The molecule has 0 bridgehead atoms. The van der Waals surface area contributed by atoms with Crippen molar-refractivity contribution in [3.05, 3.63) is 47.7 Å². The maximum Gasteiger partial charge on any atom is 0.416 e. The summed E-state index contributed by atoms with van der Waals surface area (Å²) in [4.78, 5) is 22.2. The summed E-state index contributed by atoms with van der Waals surface area (Å²) in [6.45, 7) is -0.363. The van der Waals surface area contributed by atoms with Crippen molar-refractivity contribution in [3.8, 4) is 11.3 Å². The first-order valence-corrected chi connectivity index (χ1v) is 6.11. The van der Waals surface area contributed by atoms with Gasteiger partial charge in [0.05, 0.1) is 12.1 Å². The van der Waals surface area contributed by atoms with E-state index in [1.54, 1.807) is 0 Å². The molecule has 0 aliphatic rings. The standard InChI is InChI=1S/C14H11F3N2O3/c15-14(16,17)9-3-1-2-8(6-9)10-4-5-11(22-10)13(21)19-7-12(18)20/h1-6H,7H2,(H2,18,20)(H,19,21). The maximum atomic E-state index is 12.7. The summed E-state index contributed by atoms with van der Waals surface area (Å²) in [7, 11) is 0. The number of carbonyl (C=O) groups excluding carboxylic acids is 2. The van der Waals surface area contributed by atoms with Crippen molar-refractivity contribution in [1.29, 1.82) is 0 Å². The van der Waals surface area contributed by atoms with E-state index in [2.05, 4.69) is 5.32 Å². The van der Waals surface area contributed by atoms with Crippen LogP contribution in [0.25, 0.3) is 11.3 Å². The molecule has 8 heteroatoms. The summed E-state index contributed by atoms with van der Waals surface area (Å²) < 4.78 is 43.2. The van der Waals surface area contributed by atoms with Gasteiger partial charge in [-0.3, -0.25) is 9.59 Å². The first kappa shape index (κ1) is 15.6. The molecule has 2 aromatic rings. The fourth-order valence-corrected chi connectivity index (χ4v) is 1.72. The van der Waals surface area contributed by atoms with Crippen molar-refractivity contribution in [2.75, 3.05) is 6.54 Å². The lowest BCUT2D eigenvalue weighted by atomic mass is 10.1. The van der Waals surface area contributed by atoms with Gasteiger partial charge in [0, 0.05) is 5.56 Å². The SMILES string of the molecule is NC(=O)CNC(=O)c1ccc(-c2cccc(C(F)(F)F)c2)o1. The molecule has 0 unspecified atom stereocenters. The molecule has 1 aromatic carbocycles. The normalized spacial score (nSPS) is 11.2. The lowest BCUT2D eigenvalue weighted by Gasteiger charge is -2.07. The first-order chi connectivity index (χ1) is 10.3. The Morgan fingerprint density at radius 3 is 2.55 bits per heavy atom. The molecule has 1 aromatic heterocycles. The molecular weight excluding hydrogens is 301 g/mol. The van der Waals surface area contributed by atoms with Gasteiger partial charge in [0.15, 0.2) is 5.76 Å². The molecule has 0 saturated heterocycles. The van der Waals surface area contributed by atoms with E-state index in [-0.39, 0.29) is 23.6 Å². The molecule has 0 fully saturated rings. The number of primary amides is 1. The molecule has 116 valence electrons. The van der Waals surface area contributed by atoms with Gasteiger partial charge in [0.2, 0.25) is 5.91 Å². The molecule has 22 heavy (non-hydrogen) atoms. The number of nitrogens with two attached hydrogens (primary N) is 1. The number of benzene rings is 1. The number of hydrogen-bond acceptors (Lipinski definition) is 3. The fraction of sp³-hybridized carbons (Fsp3) is 0.143. The number of carbonyl (C=O) groups is 2. The average molecular weight is 312 g/mol. The third-order valence-corrected chi connectivity index (χ3v) is 2.73. The zero-order valence-corrected chi connectivity index (χ0v) is 11.1. The van der Waals surface area contributed by atoms with E-state index in [4.69, 9.17) is 10.2 Å². The van der Waals surface area contributed by atoms with E-state index >= 15 is 0 Å². The van der Waals surface area contributed by atoms with Crippen molar-refractivity contribution in [2.24, 2.45) is 5.73 Å². The second-order valence-electron chi connectivity index (χ2n) is 4.39. The number of amides is 2. The molecule has 1 heterocycles. The number of rotatable bonds is 4. The van der Waals surface area contributed by atoms with Crippen LogP contribution in [0.3, 0.4) is 0 Å². The molecule has 0 radical (unpaired) electrons. The molecule has 0 spiro atoms. The van der Waals surface area contributed by atoms with Crippen molar-refractivity contribution < 1.29 is 27.2 Å². The molecule has 0 saturated carbocycles. The van der Waals surface area contributed by atoms with Gasteiger partial charge >= 0.3 is 6.18 Å². The van der Waals surface area contributed by atoms with Gasteiger partial charge in [0.25, 0.3) is 5.91 Å². The zero-order valence-electron chi connectivity index (χ0n) is 11.1. The van der Waals surface area contributed by atoms with Crippen LogP contribution in [0.15, 0.2) is 40.8 Å². The zero-order chi connectivity index (χ0) is 16.3. The maximum absolute atomic E-state index is 12.7. The average Bonchev–Trinajstić information content (AvgIpc) is 2.94. The minimum atomic E-state index is -4.47. The van der Waals surface area contributed by atoms with E-state index in [0.717, 1.165) is 12.1 Å². The third-order valence-electron chi connectivity index (χ3n) is 2.73. The minimum Gasteiger partial charge on any atom is -0.451 e. The topological polar surface area (TPSA) is 85.3 Å². The predicted octanol–water partition coefficient (Wildman–Crippen LogP) is 2.18. The molecular formula is C14H11F3N2O3. The van der Waals surface area contributed by atoms with Gasteiger partial charge < -0.3 is 15.5 Å². The Morgan fingerprint density at radius 1 is 1.18 bits per heavy atom. The van der Waals surface area contributed by atoms with Gasteiger partial charge in [-0.05, 0) is 24.3 Å². The predicted molar refractivity (Wildman–Crippen MR) is 70.7 cm³/mol. The quantitative estimate of drug-likeness (QED) is 0.907. The summed E-state index contributed by atoms with van der Waals surface area (Å²) in [5, 5.41) is 2.21. The molecule has 5 nitrogen and oxygen atoms in total. The van der Waals surface area contributed by atoms with Gasteiger partial charge in [-0.15, -0.1) is 0 Å². The second kappa shape index (κ2) is 5.92. The van der Waals surface area contributed by atoms with Crippen LogP contribution in [0.2, 0.25) is 0 Å². The van der Waals surface area contributed by atoms with E-state index in [0.29, 0.717) is 0 Å². The molecule has 0 aliphatic heterocycles. The number of alkyl halides is 3. The Balaban J connectivity index is 2.21. The van der Waals surface area contributed by atoms with Gasteiger partial charge in [-0.2, -0.15) is 13.2 Å². The monoisotopic (exact) mass is 312 g/mol. The van der Waals surface area contributed by atoms with Crippen LogP contribution >= 0.6 is 0 Å². The van der Waals surface area contributed by atoms with Gasteiger partial charge in [-0.25, -0.2) is 0 Å². The molecule has 2 amide bonds. The Morgan fingerprint density at radius 2 is 1.91 bits per heavy atom. The number of nitrogens with one attached hydrogen (secondary N) is 1. The molecule has 2 rings (SSSR count). The Bertz CT molecular complexity index is 707. The number of hydrogen-bond donors (Lipinski definition) is 2. The first-order valence-electron chi connectivity index (χ1n) is 6.11. The van der Waals surface area contributed by atoms with Crippen molar-refractivity contribution in [3.63, 3.8) is 0 Å². The Kier molecular flexibility index (Phi) is 4.20. The number of furan rings is 1. The second-order valence-corrected chi connectivity index (χ2v) is 4.39. The van der Waals surface area contributed by atoms with Crippen LogP contribution in [0.4, 0.5) is 13.2 Å². The lowest BCUT2D eigenvalue weighted by Crippen LogP contribution is -2.33. The lowest BCUT2D eigenvalue weighted by molar-refractivity contribution is -0.137. The fourth-order valence-electron chi connectivity index (χ4n) is 1.72. The van der Waals surface area contributed by atoms with Gasteiger partial charge in [0.1, 0.15) is 5.76 Å². The summed E-state index contributed by atoms with van der Waals surface area (Å²) >= 11 is 0. The third kappa shape index (κ3) is 3.66. The highest BCUT2D eigenvalue weighted by molar-refractivity contribution is 5.94. The largest absolute Gasteiger partial charge is 0.451 e. The molecule has 0 atom stereocenters. The summed E-state index contributed by atoms with van der Waals surface area (Å²) in [6.07, 6.45) is -4.47. The summed E-state index contributed by atoms with van der Waals surface area (Å²) in [5.74, 6) is -1.43. The van der Waals surface area contributed by atoms with Crippen LogP contribution in [0.5, 0.6) is 0 Å². The Labute approximate surface area is 122 Å². The van der Waals surface area contributed by atoms with Crippen LogP contribution in [0, 0.1) is 0 Å². The van der Waals surface area contributed by atoms with Crippen LogP contribution < -0.4 is 11.1 Å². The highest BCUT2D eigenvalue weighted by Gasteiger charge is 2.30. The van der Waals surface area contributed by atoms with E-state index in [1.165, 1.54) is 24.3 Å². The van der Waals surface area contributed by atoms with Crippen LogP contribution in [-0.4, -0.2) is 18.4 Å². The van der Waals surface area contributed by atoms with E-state index in [1.807, 2.05) is 0 Å². The molecule has 0 aliphatic carbocycles. The van der Waals surface area contributed by atoms with Crippen molar-refractivity contribution in [1.82, 2.24) is 5.32 Å². The highest BCUT2D eigenvalue weighted by atomic mass is 19.4.